The van der Waals surface area contributed by atoms with E-state index >= 15 is 0 Å². The van der Waals surface area contributed by atoms with Crippen molar-refractivity contribution in [3.8, 4) is 0 Å². The first-order valence-electron chi connectivity index (χ1n) is 5.24. The Balaban J connectivity index is 1.99. The summed E-state index contributed by atoms with van der Waals surface area (Å²) in [7, 11) is 2.11. The van der Waals surface area contributed by atoms with Gasteiger partial charge < -0.3 is 14.2 Å². The Morgan fingerprint density at radius 1 is 1.53 bits per heavy atom. The van der Waals surface area contributed by atoms with Gasteiger partial charge in [-0.2, -0.15) is 4.98 Å². The molecule has 2 heterocycles. The third-order valence-electron chi connectivity index (χ3n) is 2.82. The van der Waals surface area contributed by atoms with Gasteiger partial charge in [-0.3, -0.25) is 0 Å². The first-order valence-corrected chi connectivity index (χ1v) is 5.24. The third kappa shape index (κ3) is 2.41. The average Bonchev–Trinajstić information content (AvgIpc) is 2.68. The van der Waals surface area contributed by atoms with Crippen LogP contribution in [0.15, 0.2) is 4.52 Å². The average molecular weight is 209 g/mol. The SMILES string of the molecule is CN1CCC(c2nc(CC=O)no2)CC1. The molecule has 1 saturated heterocycles. The van der Waals surface area contributed by atoms with E-state index in [1.807, 2.05) is 0 Å². The zero-order valence-corrected chi connectivity index (χ0v) is 8.85. The lowest BCUT2D eigenvalue weighted by Crippen LogP contribution is -2.29. The van der Waals surface area contributed by atoms with Gasteiger partial charge in [-0.15, -0.1) is 0 Å². The summed E-state index contributed by atoms with van der Waals surface area (Å²) in [4.78, 5) is 16.8. The highest BCUT2D eigenvalue weighted by Gasteiger charge is 2.23. The third-order valence-corrected chi connectivity index (χ3v) is 2.82. The second-order valence-electron chi connectivity index (χ2n) is 4.00. The van der Waals surface area contributed by atoms with Gasteiger partial charge in [0, 0.05) is 5.92 Å². The van der Waals surface area contributed by atoms with Crippen LogP contribution < -0.4 is 0 Å². The lowest BCUT2D eigenvalue weighted by molar-refractivity contribution is -0.107. The van der Waals surface area contributed by atoms with Gasteiger partial charge in [0.1, 0.15) is 6.29 Å². The largest absolute Gasteiger partial charge is 0.339 e. The van der Waals surface area contributed by atoms with E-state index in [4.69, 9.17) is 4.52 Å². The van der Waals surface area contributed by atoms with Crippen LogP contribution in [0.5, 0.6) is 0 Å². The second kappa shape index (κ2) is 4.53. The normalized spacial score (nSPS) is 19.3. The van der Waals surface area contributed by atoms with Gasteiger partial charge in [0.2, 0.25) is 5.89 Å². The monoisotopic (exact) mass is 209 g/mol. The lowest BCUT2D eigenvalue weighted by Gasteiger charge is -2.26. The molecule has 0 N–H and O–H groups in total. The minimum Gasteiger partial charge on any atom is -0.339 e. The molecule has 0 bridgehead atoms. The van der Waals surface area contributed by atoms with E-state index in [1.165, 1.54) is 0 Å². The van der Waals surface area contributed by atoms with E-state index in [-0.39, 0.29) is 6.42 Å². The maximum absolute atomic E-state index is 10.3. The van der Waals surface area contributed by atoms with Crippen LogP contribution in [0.1, 0.15) is 30.5 Å². The standard InChI is InChI=1S/C10H15N3O2/c1-13-5-2-8(3-6-13)10-11-9(4-7-14)12-15-10/h7-8H,2-6H2,1H3. The maximum atomic E-state index is 10.3. The fraction of sp³-hybridized carbons (Fsp3) is 0.700. The van der Waals surface area contributed by atoms with E-state index in [0.29, 0.717) is 17.6 Å². The Morgan fingerprint density at radius 2 is 2.27 bits per heavy atom. The predicted octanol–water partition coefficient (Wildman–Crippen LogP) is 0.620. The highest BCUT2D eigenvalue weighted by atomic mass is 16.5. The van der Waals surface area contributed by atoms with Gasteiger partial charge in [-0.1, -0.05) is 5.16 Å². The van der Waals surface area contributed by atoms with Crippen molar-refractivity contribution >= 4 is 6.29 Å². The van der Waals surface area contributed by atoms with Crippen molar-refractivity contribution in [3.63, 3.8) is 0 Å². The van der Waals surface area contributed by atoms with Crippen LogP contribution in [-0.4, -0.2) is 41.5 Å². The quantitative estimate of drug-likeness (QED) is 0.683. The van der Waals surface area contributed by atoms with E-state index in [0.717, 1.165) is 32.2 Å². The number of aromatic nitrogens is 2. The van der Waals surface area contributed by atoms with Gasteiger partial charge in [-0.25, -0.2) is 0 Å². The molecule has 0 radical (unpaired) electrons. The topological polar surface area (TPSA) is 59.2 Å². The first kappa shape index (κ1) is 10.3. The molecule has 2 rings (SSSR count). The van der Waals surface area contributed by atoms with Gasteiger partial charge in [0.25, 0.3) is 0 Å². The Bertz CT molecular complexity index is 329. The van der Waals surface area contributed by atoms with E-state index in [1.54, 1.807) is 0 Å². The van der Waals surface area contributed by atoms with Crippen LogP contribution in [0.4, 0.5) is 0 Å². The van der Waals surface area contributed by atoms with Crippen molar-refractivity contribution in [1.29, 1.82) is 0 Å². The molecule has 0 unspecified atom stereocenters. The molecule has 15 heavy (non-hydrogen) atoms. The highest BCUT2D eigenvalue weighted by molar-refractivity contribution is 5.52. The summed E-state index contributed by atoms with van der Waals surface area (Å²) in [6.07, 6.45) is 3.15. The van der Waals surface area contributed by atoms with Crippen LogP contribution in [0.3, 0.4) is 0 Å². The molecule has 0 aliphatic carbocycles. The van der Waals surface area contributed by atoms with Crippen molar-refractivity contribution in [1.82, 2.24) is 15.0 Å². The molecule has 5 heteroatoms. The summed E-state index contributed by atoms with van der Waals surface area (Å²) in [5, 5.41) is 3.77. The van der Waals surface area contributed by atoms with Gasteiger partial charge in [-0.05, 0) is 33.0 Å². The van der Waals surface area contributed by atoms with Crippen LogP contribution >= 0.6 is 0 Å². The number of piperidine rings is 1. The molecule has 0 spiro atoms. The second-order valence-corrected chi connectivity index (χ2v) is 4.00. The van der Waals surface area contributed by atoms with Gasteiger partial charge >= 0.3 is 0 Å². The molecule has 1 aromatic heterocycles. The number of carbonyl (C=O) groups excluding carboxylic acids is 1. The van der Waals surface area contributed by atoms with Crippen molar-refractivity contribution < 1.29 is 9.32 Å². The van der Waals surface area contributed by atoms with Crippen LogP contribution in [0, 0.1) is 0 Å². The summed E-state index contributed by atoms with van der Waals surface area (Å²) in [5.41, 5.74) is 0. The number of carbonyl (C=O) groups is 1. The summed E-state index contributed by atoms with van der Waals surface area (Å²) >= 11 is 0. The van der Waals surface area contributed by atoms with Crippen LogP contribution in [-0.2, 0) is 11.2 Å². The molecule has 5 nitrogen and oxygen atoms in total. The van der Waals surface area contributed by atoms with Crippen LogP contribution in [0.25, 0.3) is 0 Å². The summed E-state index contributed by atoms with van der Waals surface area (Å²) in [5.74, 6) is 1.56. The van der Waals surface area contributed by atoms with E-state index in [2.05, 4.69) is 22.1 Å². The fourth-order valence-corrected chi connectivity index (χ4v) is 1.85. The smallest absolute Gasteiger partial charge is 0.229 e. The van der Waals surface area contributed by atoms with Crippen molar-refractivity contribution in [2.45, 2.75) is 25.2 Å². The van der Waals surface area contributed by atoms with Crippen molar-refractivity contribution in [3.05, 3.63) is 11.7 Å². The van der Waals surface area contributed by atoms with Gasteiger partial charge in [0.15, 0.2) is 5.82 Å². The lowest BCUT2D eigenvalue weighted by atomic mass is 9.97. The maximum Gasteiger partial charge on any atom is 0.229 e. The number of nitrogens with zero attached hydrogens (tertiary/aromatic N) is 3. The molecular weight excluding hydrogens is 194 g/mol. The summed E-state index contributed by atoms with van der Waals surface area (Å²) in [6, 6.07) is 0. The Hall–Kier alpha value is -1.23. The number of rotatable bonds is 3. The fourth-order valence-electron chi connectivity index (χ4n) is 1.85. The number of aldehydes is 1. The molecule has 82 valence electrons. The zero-order chi connectivity index (χ0) is 10.7. The first-order chi connectivity index (χ1) is 7.29. The zero-order valence-electron chi connectivity index (χ0n) is 8.85. The summed E-state index contributed by atoms with van der Waals surface area (Å²) in [6.45, 7) is 2.13. The molecule has 0 amide bonds. The minimum absolute atomic E-state index is 0.246. The molecule has 0 atom stereocenters. The van der Waals surface area contributed by atoms with Crippen molar-refractivity contribution in [2.24, 2.45) is 0 Å². The molecular formula is C10H15N3O2. The Kier molecular flexibility index (Phi) is 3.11. The number of likely N-dealkylation sites (tertiary alicyclic amines) is 1. The Labute approximate surface area is 88.5 Å². The number of hydrogen-bond acceptors (Lipinski definition) is 5. The van der Waals surface area contributed by atoms with Gasteiger partial charge in [0.05, 0.1) is 6.42 Å². The number of hydrogen-bond donors (Lipinski definition) is 0. The molecule has 0 saturated carbocycles. The highest BCUT2D eigenvalue weighted by Crippen LogP contribution is 2.25. The molecule has 1 aromatic rings. The molecule has 1 aliphatic heterocycles. The van der Waals surface area contributed by atoms with E-state index < -0.39 is 0 Å². The van der Waals surface area contributed by atoms with Crippen molar-refractivity contribution in [2.75, 3.05) is 20.1 Å². The Morgan fingerprint density at radius 3 is 2.93 bits per heavy atom. The molecule has 1 fully saturated rings. The van der Waals surface area contributed by atoms with E-state index in [9.17, 15) is 4.79 Å². The molecule has 1 aliphatic rings. The minimum atomic E-state index is 0.246. The van der Waals surface area contributed by atoms with Crippen LogP contribution in [0.2, 0.25) is 0 Å². The summed E-state index contributed by atoms with van der Waals surface area (Å²) < 4.78 is 5.15. The molecule has 0 aromatic carbocycles. The predicted molar refractivity (Wildman–Crippen MR) is 53.5 cm³/mol.